The SMILES string of the molecule is O=[N+]([O-])c1cc(F)c(O)c([C@H]2CNCCN2)c1. The fourth-order valence-electron chi connectivity index (χ4n) is 1.85. The predicted octanol–water partition coefficient (Wildman–Crippen LogP) is 0.673. The van der Waals surface area contributed by atoms with Gasteiger partial charge < -0.3 is 15.7 Å². The van der Waals surface area contributed by atoms with E-state index < -0.39 is 16.5 Å². The van der Waals surface area contributed by atoms with E-state index in [1.54, 1.807) is 0 Å². The van der Waals surface area contributed by atoms with Crippen molar-refractivity contribution in [1.82, 2.24) is 10.6 Å². The molecule has 1 saturated heterocycles. The van der Waals surface area contributed by atoms with E-state index in [2.05, 4.69) is 10.6 Å². The molecule has 6 nitrogen and oxygen atoms in total. The number of hydrogen-bond acceptors (Lipinski definition) is 5. The minimum atomic E-state index is -0.971. The number of aromatic hydroxyl groups is 1. The Morgan fingerprint density at radius 2 is 2.24 bits per heavy atom. The highest BCUT2D eigenvalue weighted by Gasteiger charge is 2.23. The highest BCUT2D eigenvalue weighted by Crippen LogP contribution is 2.31. The number of piperazine rings is 1. The first-order chi connectivity index (χ1) is 8.09. The lowest BCUT2D eigenvalue weighted by Gasteiger charge is -2.25. The summed E-state index contributed by atoms with van der Waals surface area (Å²) in [4.78, 5) is 9.94. The van der Waals surface area contributed by atoms with Crippen LogP contribution in [0.4, 0.5) is 10.1 Å². The van der Waals surface area contributed by atoms with Gasteiger partial charge in [0.1, 0.15) is 0 Å². The zero-order chi connectivity index (χ0) is 12.4. The molecule has 1 atom stereocenters. The fourth-order valence-corrected chi connectivity index (χ4v) is 1.85. The van der Waals surface area contributed by atoms with E-state index in [1.165, 1.54) is 6.07 Å². The molecule has 92 valence electrons. The summed E-state index contributed by atoms with van der Waals surface area (Å²) in [6, 6.07) is 1.59. The number of phenols is 1. The van der Waals surface area contributed by atoms with Crippen LogP contribution in [0.1, 0.15) is 11.6 Å². The Bertz CT molecular complexity index is 447. The molecule has 1 aromatic carbocycles. The highest BCUT2D eigenvalue weighted by atomic mass is 19.1. The van der Waals surface area contributed by atoms with E-state index in [4.69, 9.17) is 0 Å². The summed E-state index contributed by atoms with van der Waals surface area (Å²) in [5.41, 5.74) is -0.147. The monoisotopic (exact) mass is 241 g/mol. The average Bonchev–Trinajstić information content (AvgIpc) is 2.33. The Labute approximate surface area is 96.6 Å². The first-order valence-electron chi connectivity index (χ1n) is 5.20. The van der Waals surface area contributed by atoms with Crippen LogP contribution in [-0.2, 0) is 0 Å². The summed E-state index contributed by atoms with van der Waals surface area (Å²) in [6.07, 6.45) is 0. The van der Waals surface area contributed by atoms with Crippen LogP contribution in [0.2, 0.25) is 0 Å². The maximum absolute atomic E-state index is 13.4. The van der Waals surface area contributed by atoms with E-state index >= 15 is 0 Å². The van der Waals surface area contributed by atoms with E-state index in [0.717, 1.165) is 12.6 Å². The maximum atomic E-state index is 13.4. The van der Waals surface area contributed by atoms with Crippen molar-refractivity contribution in [2.24, 2.45) is 0 Å². The van der Waals surface area contributed by atoms with Crippen molar-refractivity contribution in [3.8, 4) is 5.75 Å². The predicted molar refractivity (Wildman–Crippen MR) is 58.3 cm³/mol. The second-order valence-electron chi connectivity index (χ2n) is 3.83. The number of halogens is 1. The summed E-state index contributed by atoms with van der Waals surface area (Å²) in [5, 5.41) is 26.3. The molecule has 0 spiro atoms. The lowest BCUT2D eigenvalue weighted by Crippen LogP contribution is -2.42. The summed E-state index contributed by atoms with van der Waals surface area (Å²) >= 11 is 0. The molecule has 0 aromatic heterocycles. The Hall–Kier alpha value is -1.73. The first-order valence-corrected chi connectivity index (χ1v) is 5.20. The number of hydrogen-bond donors (Lipinski definition) is 3. The Morgan fingerprint density at radius 1 is 1.47 bits per heavy atom. The molecule has 0 aliphatic carbocycles. The molecule has 1 aliphatic rings. The van der Waals surface area contributed by atoms with Crippen LogP contribution in [0.5, 0.6) is 5.75 Å². The highest BCUT2D eigenvalue weighted by molar-refractivity contribution is 5.46. The Kier molecular flexibility index (Phi) is 3.21. The van der Waals surface area contributed by atoms with E-state index in [1.807, 2.05) is 0 Å². The third-order valence-corrected chi connectivity index (χ3v) is 2.70. The van der Waals surface area contributed by atoms with Crippen molar-refractivity contribution in [1.29, 1.82) is 0 Å². The van der Waals surface area contributed by atoms with Gasteiger partial charge in [-0.2, -0.15) is 0 Å². The molecule has 1 aliphatic heterocycles. The number of benzene rings is 1. The number of nitrogens with zero attached hydrogens (tertiary/aromatic N) is 1. The number of nitrogens with one attached hydrogen (secondary N) is 2. The molecule has 0 bridgehead atoms. The number of non-ortho nitro benzene ring substituents is 1. The zero-order valence-electron chi connectivity index (χ0n) is 8.94. The van der Waals surface area contributed by atoms with Crippen LogP contribution in [0.3, 0.4) is 0 Å². The van der Waals surface area contributed by atoms with Gasteiger partial charge in [-0.25, -0.2) is 4.39 Å². The molecular formula is C10H12FN3O3. The number of rotatable bonds is 2. The second kappa shape index (κ2) is 4.64. The normalized spacial score (nSPS) is 20.2. The summed E-state index contributed by atoms with van der Waals surface area (Å²) in [6.45, 7) is 1.93. The summed E-state index contributed by atoms with van der Waals surface area (Å²) in [7, 11) is 0. The van der Waals surface area contributed by atoms with Crippen molar-refractivity contribution in [3.63, 3.8) is 0 Å². The molecule has 7 heteroatoms. The molecule has 2 rings (SSSR count). The average molecular weight is 241 g/mol. The molecule has 1 heterocycles. The van der Waals surface area contributed by atoms with Gasteiger partial charge in [0.25, 0.3) is 5.69 Å². The van der Waals surface area contributed by atoms with Crippen LogP contribution in [0.15, 0.2) is 12.1 Å². The molecule has 0 unspecified atom stereocenters. The fraction of sp³-hybridized carbons (Fsp3) is 0.400. The van der Waals surface area contributed by atoms with Crippen molar-refractivity contribution in [2.75, 3.05) is 19.6 Å². The Morgan fingerprint density at radius 3 is 2.82 bits per heavy atom. The third kappa shape index (κ3) is 2.34. The topological polar surface area (TPSA) is 87.4 Å². The number of phenolic OH excluding ortho intramolecular Hbond substituents is 1. The van der Waals surface area contributed by atoms with Gasteiger partial charge in [-0.3, -0.25) is 10.1 Å². The van der Waals surface area contributed by atoms with Gasteiger partial charge in [0, 0.05) is 37.3 Å². The lowest BCUT2D eigenvalue weighted by molar-refractivity contribution is -0.385. The van der Waals surface area contributed by atoms with Crippen LogP contribution >= 0.6 is 0 Å². The molecule has 3 N–H and O–H groups in total. The van der Waals surface area contributed by atoms with Crippen LogP contribution in [0, 0.1) is 15.9 Å². The molecule has 1 aromatic rings. The second-order valence-corrected chi connectivity index (χ2v) is 3.83. The summed E-state index contributed by atoms with van der Waals surface area (Å²) in [5.74, 6) is -1.50. The minimum Gasteiger partial charge on any atom is -0.505 e. The molecule has 1 fully saturated rings. The smallest absolute Gasteiger partial charge is 0.272 e. The van der Waals surface area contributed by atoms with Gasteiger partial charge in [0.2, 0.25) is 0 Å². The minimum absolute atomic E-state index is 0.212. The van der Waals surface area contributed by atoms with Gasteiger partial charge in [-0.15, -0.1) is 0 Å². The van der Waals surface area contributed by atoms with E-state index in [0.29, 0.717) is 13.1 Å². The first kappa shape index (κ1) is 11.7. The maximum Gasteiger partial charge on any atom is 0.272 e. The third-order valence-electron chi connectivity index (χ3n) is 2.70. The molecule has 17 heavy (non-hydrogen) atoms. The largest absolute Gasteiger partial charge is 0.505 e. The molecule has 0 saturated carbocycles. The molecule has 0 amide bonds. The number of nitro benzene ring substituents is 1. The van der Waals surface area contributed by atoms with Gasteiger partial charge >= 0.3 is 0 Å². The van der Waals surface area contributed by atoms with Crippen LogP contribution in [0.25, 0.3) is 0 Å². The quantitative estimate of drug-likeness (QED) is 0.523. The standard InChI is InChI=1S/C10H12FN3O3/c11-8-4-6(14(16)17)3-7(10(8)15)9-5-12-1-2-13-9/h3-4,9,12-13,15H,1-2,5H2/t9-/m1/s1. The Balaban J connectivity index is 2.40. The molecular weight excluding hydrogens is 229 g/mol. The van der Waals surface area contributed by atoms with Gasteiger partial charge in [-0.05, 0) is 0 Å². The van der Waals surface area contributed by atoms with Gasteiger partial charge in [-0.1, -0.05) is 0 Å². The van der Waals surface area contributed by atoms with Gasteiger partial charge in [0.05, 0.1) is 11.0 Å². The van der Waals surface area contributed by atoms with E-state index in [9.17, 15) is 19.6 Å². The van der Waals surface area contributed by atoms with Crippen molar-refractivity contribution in [2.45, 2.75) is 6.04 Å². The van der Waals surface area contributed by atoms with Crippen LogP contribution < -0.4 is 10.6 Å². The lowest BCUT2D eigenvalue weighted by atomic mass is 10.0. The molecule has 0 radical (unpaired) electrons. The van der Waals surface area contributed by atoms with Crippen molar-refractivity contribution >= 4 is 5.69 Å². The number of nitro groups is 1. The van der Waals surface area contributed by atoms with Crippen molar-refractivity contribution in [3.05, 3.63) is 33.6 Å². The van der Waals surface area contributed by atoms with Crippen LogP contribution in [-0.4, -0.2) is 29.7 Å². The zero-order valence-corrected chi connectivity index (χ0v) is 8.94. The van der Waals surface area contributed by atoms with E-state index in [-0.39, 0.29) is 17.3 Å². The summed E-state index contributed by atoms with van der Waals surface area (Å²) < 4.78 is 13.4. The van der Waals surface area contributed by atoms with Crippen molar-refractivity contribution < 1.29 is 14.4 Å². The van der Waals surface area contributed by atoms with Gasteiger partial charge in [0.15, 0.2) is 11.6 Å².